The Morgan fingerprint density at radius 3 is 2.59 bits per heavy atom. The number of hydrogen-bond donors (Lipinski definition) is 2. The van der Waals surface area contributed by atoms with Crippen molar-refractivity contribution in [3.63, 3.8) is 0 Å². The first-order valence-corrected chi connectivity index (χ1v) is 15.4. The minimum absolute atomic E-state index is 0.0516. The molecule has 11 heteroatoms. The highest BCUT2D eigenvalue weighted by Gasteiger charge is 2.37. The number of imidazole rings is 1. The minimum Gasteiger partial charge on any atom is -0.493 e. The summed E-state index contributed by atoms with van der Waals surface area (Å²) in [6, 6.07) is 6.06. The lowest BCUT2D eigenvalue weighted by Gasteiger charge is -2.41. The lowest BCUT2D eigenvalue weighted by Crippen LogP contribution is -2.45. The van der Waals surface area contributed by atoms with Crippen molar-refractivity contribution in [3.8, 4) is 5.75 Å². The number of rotatable bonds is 3. The van der Waals surface area contributed by atoms with Gasteiger partial charge in [0.1, 0.15) is 28.7 Å². The molecule has 0 unspecified atom stereocenters. The first kappa shape index (κ1) is 31.7. The third-order valence-electron chi connectivity index (χ3n) is 8.24. The first-order chi connectivity index (χ1) is 20.8. The second-order valence-electron chi connectivity index (χ2n) is 13.0. The van der Waals surface area contributed by atoms with E-state index < -0.39 is 29.4 Å². The molecule has 44 heavy (non-hydrogen) atoms. The molecule has 0 aliphatic carbocycles. The van der Waals surface area contributed by atoms with Crippen molar-refractivity contribution in [1.82, 2.24) is 14.7 Å². The van der Waals surface area contributed by atoms with Crippen LogP contribution in [0.2, 0.25) is 0 Å². The summed E-state index contributed by atoms with van der Waals surface area (Å²) in [6.45, 7) is 11.9. The standard InChI is InChI=1S/C33H43FN4O6/c1-21-17-26-36-24-20-38(26)30(27(21)28(31(40)41)44-32(2,3)4)37-13-11-33(5,12-14-37)43-16-8-6-7-15-42-25-10-9-23(34)18-22(25)19-35-29(24)39/h9-10,17-18,20,28H,6-8,11-16,19H2,1-5H3,(H,35,39)(H,40,41)/t28-/m0/s1. The number of piperidine rings is 1. The van der Waals surface area contributed by atoms with Crippen LogP contribution in [0.4, 0.5) is 10.2 Å². The van der Waals surface area contributed by atoms with E-state index in [0.717, 1.165) is 32.1 Å². The van der Waals surface area contributed by atoms with Gasteiger partial charge in [0.15, 0.2) is 6.10 Å². The van der Waals surface area contributed by atoms with Gasteiger partial charge in [0, 0.05) is 43.6 Å². The van der Waals surface area contributed by atoms with Crippen molar-refractivity contribution < 1.29 is 33.3 Å². The molecule has 238 valence electrons. The second-order valence-corrected chi connectivity index (χ2v) is 13.0. The molecule has 6 rings (SSSR count). The van der Waals surface area contributed by atoms with E-state index in [4.69, 9.17) is 14.2 Å². The topological polar surface area (TPSA) is 115 Å². The second kappa shape index (κ2) is 12.7. The van der Waals surface area contributed by atoms with Gasteiger partial charge in [-0.05, 0) is 96.6 Å². The summed E-state index contributed by atoms with van der Waals surface area (Å²) in [6.07, 6.45) is 4.52. The monoisotopic (exact) mass is 610 g/mol. The number of carbonyl (C=O) groups excluding carboxylic acids is 1. The van der Waals surface area contributed by atoms with E-state index in [-0.39, 0.29) is 17.8 Å². The number of carboxylic acids is 1. The van der Waals surface area contributed by atoms with E-state index in [1.807, 2.05) is 27.7 Å². The molecule has 5 heterocycles. The number of nitrogens with one attached hydrogen (secondary N) is 1. The molecule has 1 aromatic carbocycles. The van der Waals surface area contributed by atoms with Gasteiger partial charge in [-0.25, -0.2) is 14.2 Å². The van der Waals surface area contributed by atoms with Gasteiger partial charge in [-0.2, -0.15) is 0 Å². The molecule has 2 aromatic heterocycles. The highest BCUT2D eigenvalue weighted by atomic mass is 19.1. The lowest BCUT2D eigenvalue weighted by molar-refractivity contribution is -0.160. The molecule has 4 bridgehead atoms. The number of aryl methyl sites for hydroxylation is 1. The maximum absolute atomic E-state index is 14.1. The smallest absolute Gasteiger partial charge is 0.337 e. The summed E-state index contributed by atoms with van der Waals surface area (Å²) in [4.78, 5) is 32.8. The van der Waals surface area contributed by atoms with Crippen LogP contribution in [0.5, 0.6) is 5.75 Å². The third kappa shape index (κ3) is 7.15. The molecule has 3 aliphatic rings. The number of amides is 1. The molecule has 1 fully saturated rings. The summed E-state index contributed by atoms with van der Waals surface area (Å²) >= 11 is 0. The normalized spacial score (nSPS) is 18.9. The number of hydrogen-bond acceptors (Lipinski definition) is 7. The molecule has 0 radical (unpaired) electrons. The van der Waals surface area contributed by atoms with E-state index in [0.29, 0.717) is 60.2 Å². The van der Waals surface area contributed by atoms with Crippen molar-refractivity contribution >= 4 is 23.3 Å². The van der Waals surface area contributed by atoms with Crippen LogP contribution in [-0.2, 0) is 20.8 Å². The average Bonchev–Trinajstić information content (AvgIpc) is 3.37. The van der Waals surface area contributed by atoms with Gasteiger partial charge in [0.05, 0.1) is 17.8 Å². The number of halogens is 1. The third-order valence-corrected chi connectivity index (χ3v) is 8.24. The van der Waals surface area contributed by atoms with Crippen LogP contribution >= 0.6 is 0 Å². The number of fused-ring (bicyclic) bond motifs is 10. The maximum atomic E-state index is 14.1. The molecular formula is C33H43FN4O6. The van der Waals surface area contributed by atoms with Crippen LogP contribution in [0.25, 0.3) is 5.65 Å². The van der Waals surface area contributed by atoms with Crippen molar-refractivity contribution in [1.29, 1.82) is 0 Å². The number of ether oxygens (including phenoxy) is 3. The van der Waals surface area contributed by atoms with Crippen molar-refractivity contribution in [3.05, 3.63) is 58.7 Å². The van der Waals surface area contributed by atoms with Gasteiger partial charge in [0.2, 0.25) is 0 Å². The zero-order chi connectivity index (χ0) is 31.6. The average molecular weight is 611 g/mol. The molecular weight excluding hydrogens is 567 g/mol. The highest BCUT2D eigenvalue weighted by Crippen LogP contribution is 2.38. The number of benzene rings is 1. The Hall–Kier alpha value is -3.70. The molecule has 10 nitrogen and oxygen atoms in total. The molecule has 1 amide bonds. The van der Waals surface area contributed by atoms with E-state index >= 15 is 0 Å². The lowest BCUT2D eigenvalue weighted by atomic mass is 9.92. The number of aromatic nitrogens is 2. The van der Waals surface area contributed by atoms with Crippen LogP contribution in [-0.4, -0.2) is 63.9 Å². The number of pyridine rings is 1. The predicted molar refractivity (Wildman–Crippen MR) is 164 cm³/mol. The van der Waals surface area contributed by atoms with Gasteiger partial charge in [0.25, 0.3) is 5.91 Å². The molecule has 1 saturated heterocycles. The van der Waals surface area contributed by atoms with Crippen molar-refractivity contribution in [2.45, 2.75) is 90.6 Å². The Labute approximate surface area is 257 Å². The molecule has 0 saturated carbocycles. The molecule has 3 aliphatic heterocycles. The fraction of sp³-hybridized carbons (Fsp3) is 0.545. The minimum atomic E-state index is -1.24. The van der Waals surface area contributed by atoms with E-state index in [1.165, 1.54) is 12.1 Å². The zero-order valence-corrected chi connectivity index (χ0v) is 26.2. The van der Waals surface area contributed by atoms with Crippen LogP contribution in [0, 0.1) is 12.7 Å². The Kier molecular flexibility index (Phi) is 9.17. The fourth-order valence-corrected chi connectivity index (χ4v) is 5.90. The summed E-state index contributed by atoms with van der Waals surface area (Å²) < 4.78 is 34.4. The maximum Gasteiger partial charge on any atom is 0.337 e. The van der Waals surface area contributed by atoms with Crippen LogP contribution in [0.3, 0.4) is 0 Å². The van der Waals surface area contributed by atoms with Crippen LogP contribution in [0.15, 0.2) is 30.5 Å². The molecule has 0 spiro atoms. The zero-order valence-electron chi connectivity index (χ0n) is 26.2. The van der Waals surface area contributed by atoms with Crippen LogP contribution < -0.4 is 15.0 Å². The SMILES string of the molecule is Cc1cc2nc3cn2c(c1[C@H](OC(C)(C)C)C(=O)O)N1CCC(C)(CC1)OCCCCCOc1ccc(F)cc1CNC3=O. The predicted octanol–water partition coefficient (Wildman–Crippen LogP) is 5.59. The van der Waals surface area contributed by atoms with Gasteiger partial charge in [-0.1, -0.05) is 0 Å². The van der Waals surface area contributed by atoms with E-state index in [9.17, 15) is 19.1 Å². The molecule has 1 atom stereocenters. The summed E-state index contributed by atoms with van der Waals surface area (Å²) in [7, 11) is 0. The first-order valence-electron chi connectivity index (χ1n) is 15.4. The Morgan fingerprint density at radius 1 is 1.16 bits per heavy atom. The number of aliphatic carboxylic acids is 1. The summed E-state index contributed by atoms with van der Waals surface area (Å²) in [5.41, 5.74) is 1.38. The van der Waals surface area contributed by atoms with E-state index in [2.05, 4.69) is 22.1 Å². The number of carboxylic acid groups (broad SMARTS) is 1. The van der Waals surface area contributed by atoms with Crippen LogP contribution in [0.1, 0.15) is 93.1 Å². The highest BCUT2D eigenvalue weighted by molar-refractivity contribution is 5.93. The number of carbonyl (C=O) groups is 2. The Bertz CT molecular complexity index is 1520. The summed E-state index contributed by atoms with van der Waals surface area (Å²) in [5, 5.41) is 13.2. The van der Waals surface area contributed by atoms with E-state index in [1.54, 1.807) is 22.7 Å². The van der Waals surface area contributed by atoms with Gasteiger partial charge >= 0.3 is 5.97 Å². The number of nitrogens with zero attached hydrogens (tertiary/aromatic N) is 3. The fourth-order valence-electron chi connectivity index (χ4n) is 5.90. The molecule has 3 aromatic rings. The van der Waals surface area contributed by atoms with Crippen molar-refractivity contribution in [2.75, 3.05) is 31.2 Å². The summed E-state index contributed by atoms with van der Waals surface area (Å²) in [5.74, 6) is -0.798. The van der Waals surface area contributed by atoms with Gasteiger partial charge in [-0.3, -0.25) is 9.20 Å². The van der Waals surface area contributed by atoms with Crippen molar-refractivity contribution in [2.24, 2.45) is 0 Å². The number of anilines is 1. The largest absolute Gasteiger partial charge is 0.493 e. The quantitative estimate of drug-likeness (QED) is 0.395. The van der Waals surface area contributed by atoms with Gasteiger partial charge in [-0.15, -0.1) is 0 Å². The molecule has 2 N–H and O–H groups in total. The van der Waals surface area contributed by atoms with Gasteiger partial charge < -0.3 is 29.5 Å². The Balaban J connectivity index is 1.59. The Morgan fingerprint density at radius 2 is 1.89 bits per heavy atom.